The highest BCUT2D eigenvalue weighted by Gasteiger charge is 2.24. The maximum atomic E-state index is 11.5. The van der Waals surface area contributed by atoms with Crippen molar-refractivity contribution in [3.63, 3.8) is 0 Å². The predicted octanol–water partition coefficient (Wildman–Crippen LogP) is 3.03. The van der Waals surface area contributed by atoms with Gasteiger partial charge in [-0.15, -0.1) is 0 Å². The van der Waals surface area contributed by atoms with Gasteiger partial charge in [-0.05, 0) is 48.8 Å². The maximum absolute atomic E-state index is 11.5. The van der Waals surface area contributed by atoms with Gasteiger partial charge >= 0.3 is 0 Å². The Hall–Kier alpha value is -1.71. The minimum absolute atomic E-state index is 0.0902. The van der Waals surface area contributed by atoms with Crippen LogP contribution < -0.4 is 16.0 Å². The number of hydrogen-bond donors (Lipinski definition) is 2. The minimum Gasteiger partial charge on any atom is -0.397 e. The molecule has 0 aliphatic carbocycles. The summed E-state index contributed by atoms with van der Waals surface area (Å²) in [5.41, 5.74) is 10.3. The number of nitrogens with zero attached hydrogens (tertiary/aromatic N) is 1. The van der Waals surface area contributed by atoms with E-state index in [1.807, 2.05) is 6.07 Å². The Morgan fingerprint density at radius 2 is 1.95 bits per heavy atom. The summed E-state index contributed by atoms with van der Waals surface area (Å²) in [7, 11) is 0. The average Bonchev–Trinajstić information content (AvgIpc) is 2.46. The summed E-state index contributed by atoms with van der Waals surface area (Å²) in [5.74, 6) is 1.69. The highest BCUT2D eigenvalue weighted by molar-refractivity contribution is 5.95. The molecule has 0 spiro atoms. The number of rotatable bonds is 2. The summed E-state index contributed by atoms with van der Waals surface area (Å²) in [5, 5.41) is 2.92. The van der Waals surface area contributed by atoms with E-state index in [2.05, 4.69) is 30.1 Å². The molecule has 0 bridgehead atoms. The van der Waals surface area contributed by atoms with Crippen LogP contribution in [0.2, 0.25) is 0 Å². The van der Waals surface area contributed by atoms with Gasteiger partial charge in [0.25, 0.3) is 0 Å². The molecule has 0 atom stereocenters. The number of nitrogens with two attached hydrogens (primary N) is 1. The van der Waals surface area contributed by atoms with Crippen molar-refractivity contribution in [2.24, 2.45) is 11.8 Å². The van der Waals surface area contributed by atoms with Gasteiger partial charge in [0.15, 0.2) is 0 Å². The molecule has 0 unspecified atom stereocenters. The number of fused-ring (bicyclic) bond motifs is 1. The lowest BCUT2D eigenvalue weighted by Crippen LogP contribution is -2.35. The Morgan fingerprint density at radius 3 is 2.62 bits per heavy atom. The highest BCUT2D eigenvalue weighted by atomic mass is 16.1. The number of amides is 1. The number of benzene rings is 1. The van der Waals surface area contributed by atoms with E-state index >= 15 is 0 Å². The molecule has 114 valence electrons. The second-order valence-corrected chi connectivity index (χ2v) is 6.68. The second-order valence-electron chi connectivity index (χ2n) is 6.68. The molecule has 1 saturated heterocycles. The first-order chi connectivity index (χ1) is 10.0. The molecule has 2 aliphatic heterocycles. The van der Waals surface area contributed by atoms with E-state index in [1.165, 1.54) is 18.4 Å². The Labute approximate surface area is 126 Å². The Balaban J connectivity index is 1.79. The summed E-state index contributed by atoms with van der Waals surface area (Å²) in [6, 6.07) is 4.11. The van der Waals surface area contributed by atoms with Crippen LogP contribution in [0.25, 0.3) is 0 Å². The number of hydrogen-bond acceptors (Lipinski definition) is 3. The summed E-state index contributed by atoms with van der Waals surface area (Å²) in [6.07, 6.45) is 3.87. The van der Waals surface area contributed by atoms with Crippen molar-refractivity contribution in [2.45, 2.75) is 39.5 Å². The third-order valence-electron chi connectivity index (χ3n) is 4.97. The number of nitrogens with one attached hydrogen (secondary N) is 1. The van der Waals surface area contributed by atoms with Crippen molar-refractivity contribution in [2.75, 3.05) is 29.0 Å². The van der Waals surface area contributed by atoms with Crippen LogP contribution in [0.1, 0.15) is 38.7 Å². The van der Waals surface area contributed by atoms with Gasteiger partial charge in [-0.25, -0.2) is 0 Å². The van der Waals surface area contributed by atoms with Crippen LogP contribution in [0.4, 0.5) is 17.1 Å². The zero-order valence-electron chi connectivity index (χ0n) is 13.0. The molecule has 2 heterocycles. The topological polar surface area (TPSA) is 58.4 Å². The van der Waals surface area contributed by atoms with Crippen molar-refractivity contribution >= 4 is 23.0 Å². The number of anilines is 3. The van der Waals surface area contributed by atoms with E-state index in [-0.39, 0.29) is 5.91 Å². The number of aryl methyl sites for hydroxylation is 1. The standard InChI is InChI=1S/C17H25N3O/c1-11(2)12-5-7-20(8-6-12)16-9-13-3-4-17(21)19-15(13)10-14(16)18/h9-12H,3-8,18H2,1-2H3,(H,19,21). The van der Waals surface area contributed by atoms with Crippen molar-refractivity contribution < 1.29 is 4.79 Å². The largest absolute Gasteiger partial charge is 0.397 e. The molecule has 21 heavy (non-hydrogen) atoms. The predicted molar refractivity (Wildman–Crippen MR) is 87.6 cm³/mol. The molecular weight excluding hydrogens is 262 g/mol. The van der Waals surface area contributed by atoms with Gasteiger partial charge in [-0.2, -0.15) is 0 Å². The van der Waals surface area contributed by atoms with Crippen LogP contribution in [0.15, 0.2) is 12.1 Å². The summed E-state index contributed by atoms with van der Waals surface area (Å²) in [4.78, 5) is 13.9. The van der Waals surface area contributed by atoms with Crippen molar-refractivity contribution in [3.05, 3.63) is 17.7 Å². The zero-order valence-corrected chi connectivity index (χ0v) is 13.0. The van der Waals surface area contributed by atoms with Crippen molar-refractivity contribution in [1.29, 1.82) is 0 Å². The highest BCUT2D eigenvalue weighted by Crippen LogP contribution is 2.35. The fraction of sp³-hybridized carbons (Fsp3) is 0.588. The monoisotopic (exact) mass is 287 g/mol. The molecule has 3 rings (SSSR count). The third-order valence-corrected chi connectivity index (χ3v) is 4.97. The van der Waals surface area contributed by atoms with Crippen molar-refractivity contribution in [1.82, 2.24) is 0 Å². The molecule has 2 aliphatic rings. The second kappa shape index (κ2) is 5.58. The fourth-order valence-electron chi connectivity index (χ4n) is 3.51. The molecule has 1 aromatic rings. The van der Waals surface area contributed by atoms with Crippen LogP contribution in [0.3, 0.4) is 0 Å². The Morgan fingerprint density at radius 1 is 1.24 bits per heavy atom. The molecule has 4 heteroatoms. The van der Waals surface area contributed by atoms with Crippen LogP contribution in [0.5, 0.6) is 0 Å². The normalized spacial score (nSPS) is 19.6. The summed E-state index contributed by atoms with van der Waals surface area (Å²) >= 11 is 0. The lowest BCUT2D eigenvalue weighted by Gasteiger charge is -2.36. The van der Waals surface area contributed by atoms with E-state index in [4.69, 9.17) is 5.73 Å². The van der Waals surface area contributed by atoms with Crippen LogP contribution in [-0.2, 0) is 11.2 Å². The maximum Gasteiger partial charge on any atom is 0.224 e. The Bertz CT molecular complexity index is 545. The first-order valence-electron chi connectivity index (χ1n) is 8.02. The molecule has 1 amide bonds. The van der Waals surface area contributed by atoms with Gasteiger partial charge in [-0.3, -0.25) is 4.79 Å². The van der Waals surface area contributed by atoms with Gasteiger partial charge in [0.1, 0.15) is 0 Å². The molecule has 4 nitrogen and oxygen atoms in total. The molecule has 0 aromatic heterocycles. The Kier molecular flexibility index (Phi) is 3.79. The molecule has 0 radical (unpaired) electrons. The number of carbonyl (C=O) groups is 1. The zero-order chi connectivity index (χ0) is 15.0. The van der Waals surface area contributed by atoms with Crippen molar-refractivity contribution in [3.8, 4) is 0 Å². The lowest BCUT2D eigenvalue weighted by molar-refractivity contribution is -0.116. The fourth-order valence-corrected chi connectivity index (χ4v) is 3.51. The van der Waals surface area contributed by atoms with Gasteiger partial charge < -0.3 is 16.0 Å². The minimum atomic E-state index is 0.0902. The van der Waals surface area contributed by atoms with Gasteiger partial charge in [0, 0.05) is 25.2 Å². The van der Waals surface area contributed by atoms with E-state index in [1.54, 1.807) is 0 Å². The van der Waals surface area contributed by atoms with E-state index in [0.29, 0.717) is 6.42 Å². The third kappa shape index (κ3) is 2.85. The number of piperidine rings is 1. The molecule has 3 N–H and O–H groups in total. The first kappa shape index (κ1) is 14.2. The molecule has 1 aromatic carbocycles. The average molecular weight is 287 g/mol. The van der Waals surface area contributed by atoms with E-state index in [9.17, 15) is 4.79 Å². The molecule has 1 fully saturated rings. The van der Waals surface area contributed by atoms with Gasteiger partial charge in [0.05, 0.1) is 11.4 Å². The number of carbonyl (C=O) groups excluding carboxylic acids is 1. The summed E-state index contributed by atoms with van der Waals surface area (Å²) in [6.45, 7) is 6.79. The van der Waals surface area contributed by atoms with Gasteiger partial charge in [0.2, 0.25) is 5.91 Å². The SMILES string of the molecule is CC(C)C1CCN(c2cc3c(cc2N)NC(=O)CC3)CC1. The first-order valence-corrected chi connectivity index (χ1v) is 8.02. The lowest BCUT2D eigenvalue weighted by atomic mass is 9.86. The molecule has 0 saturated carbocycles. The quantitative estimate of drug-likeness (QED) is 0.822. The van der Waals surface area contributed by atoms with Gasteiger partial charge in [-0.1, -0.05) is 13.8 Å². The van der Waals surface area contributed by atoms with Crippen LogP contribution in [0, 0.1) is 11.8 Å². The molecular formula is C17H25N3O. The van der Waals surface area contributed by atoms with E-state index in [0.717, 1.165) is 48.4 Å². The van der Waals surface area contributed by atoms with Crippen LogP contribution in [-0.4, -0.2) is 19.0 Å². The smallest absolute Gasteiger partial charge is 0.224 e. The van der Waals surface area contributed by atoms with Crippen LogP contribution >= 0.6 is 0 Å². The summed E-state index contributed by atoms with van der Waals surface area (Å²) < 4.78 is 0. The van der Waals surface area contributed by atoms with E-state index < -0.39 is 0 Å². The number of nitrogen functional groups attached to an aromatic ring is 1.